The zero-order chi connectivity index (χ0) is 26.3. The lowest BCUT2D eigenvalue weighted by Gasteiger charge is -2.43. The molecule has 1 aromatic heterocycles. The maximum Gasteiger partial charge on any atom is 0.493 e. The van der Waals surface area contributed by atoms with Crippen LogP contribution in [0, 0.1) is 11.7 Å². The number of nitrogens with one attached hydrogen (secondary N) is 2. The Bertz CT molecular complexity index is 1340. The molecule has 2 aromatic carbocycles. The fraction of sp³-hybridized carbons (Fsp3) is 0.360. The first-order chi connectivity index (χ1) is 17.6. The number of likely N-dealkylation sites (tertiary alicyclic amines) is 1. The van der Waals surface area contributed by atoms with E-state index in [9.17, 15) is 27.2 Å². The van der Waals surface area contributed by atoms with Gasteiger partial charge in [-0.1, -0.05) is 17.7 Å². The molecule has 2 aliphatic rings. The second-order valence-electron chi connectivity index (χ2n) is 9.19. The number of fused-ring (bicyclic) bond motifs is 2. The predicted octanol–water partition coefficient (Wildman–Crippen LogP) is 4.81. The lowest BCUT2D eigenvalue weighted by Crippen LogP contribution is -2.59. The number of rotatable bonds is 5. The summed E-state index contributed by atoms with van der Waals surface area (Å²) in [5.74, 6) is -4.46. The first-order valence-electron chi connectivity index (χ1n) is 11.8. The summed E-state index contributed by atoms with van der Waals surface area (Å²) < 4.78 is 53.3. The molecule has 1 amide bonds. The van der Waals surface area contributed by atoms with Crippen molar-refractivity contribution in [2.45, 2.75) is 31.6 Å². The molecule has 0 radical (unpaired) electrons. The van der Waals surface area contributed by atoms with Crippen LogP contribution in [0.15, 0.2) is 42.6 Å². The van der Waals surface area contributed by atoms with Crippen LogP contribution in [0.5, 0.6) is 0 Å². The van der Waals surface area contributed by atoms with E-state index < -0.39 is 35.6 Å². The summed E-state index contributed by atoms with van der Waals surface area (Å²) in [7, 11) is 0. The van der Waals surface area contributed by atoms with E-state index in [1.807, 2.05) is 24.4 Å². The standard InChI is InChI=1S/C25H23ClF4N4O3/c26-16-4-5-19-17(12-16)15(13-31-19)8-11-33-9-6-14(7-10-33)22-32-23(35)21-18(27)2-1-3-20(21)34(22)37-24(36)25(28,29)30/h1-5,12-14,22,31H,6-11H2,(H,32,35). The molecule has 1 fully saturated rings. The number of carbonyl (C=O) groups excluding carboxylic acids is 2. The lowest BCUT2D eigenvalue weighted by atomic mass is 9.91. The second-order valence-corrected chi connectivity index (χ2v) is 9.62. The van der Waals surface area contributed by atoms with Crippen molar-refractivity contribution in [3.63, 3.8) is 0 Å². The summed E-state index contributed by atoms with van der Waals surface area (Å²) in [6.45, 7) is 2.00. The average Bonchev–Trinajstić information content (AvgIpc) is 3.26. The van der Waals surface area contributed by atoms with Crippen LogP contribution in [-0.4, -0.2) is 53.7 Å². The van der Waals surface area contributed by atoms with Gasteiger partial charge in [-0.3, -0.25) is 4.79 Å². The quantitative estimate of drug-likeness (QED) is 0.456. The van der Waals surface area contributed by atoms with E-state index in [0.29, 0.717) is 36.0 Å². The largest absolute Gasteiger partial charge is 0.493 e. The highest BCUT2D eigenvalue weighted by atomic mass is 35.5. The van der Waals surface area contributed by atoms with Gasteiger partial charge in [0.15, 0.2) is 0 Å². The summed E-state index contributed by atoms with van der Waals surface area (Å²) in [5.41, 5.74) is 1.44. The molecule has 1 unspecified atom stereocenters. The Morgan fingerprint density at radius 1 is 1.16 bits per heavy atom. The Hall–Kier alpha value is -3.31. The maximum absolute atomic E-state index is 14.3. The van der Waals surface area contributed by atoms with Gasteiger partial charge < -0.3 is 20.0 Å². The van der Waals surface area contributed by atoms with Gasteiger partial charge in [-0.05, 0) is 68.2 Å². The van der Waals surface area contributed by atoms with E-state index in [1.165, 1.54) is 12.1 Å². The van der Waals surface area contributed by atoms with E-state index in [1.54, 1.807) is 0 Å². The summed E-state index contributed by atoms with van der Waals surface area (Å²) in [4.78, 5) is 34.5. The van der Waals surface area contributed by atoms with Gasteiger partial charge in [0.25, 0.3) is 5.91 Å². The number of carbonyl (C=O) groups is 2. The third kappa shape index (κ3) is 5.10. The number of anilines is 1. The van der Waals surface area contributed by atoms with Crippen molar-refractivity contribution in [2.75, 3.05) is 24.7 Å². The maximum atomic E-state index is 14.3. The molecule has 12 heteroatoms. The summed E-state index contributed by atoms with van der Waals surface area (Å²) >= 11 is 6.13. The number of hydroxylamine groups is 1. The molecule has 1 atom stereocenters. The minimum absolute atomic E-state index is 0.216. The number of amides is 1. The Kier molecular flexibility index (Phi) is 6.76. The topological polar surface area (TPSA) is 77.7 Å². The van der Waals surface area contributed by atoms with Gasteiger partial charge in [-0.2, -0.15) is 18.2 Å². The van der Waals surface area contributed by atoms with Crippen LogP contribution >= 0.6 is 11.6 Å². The number of hydrogen-bond acceptors (Lipinski definition) is 5. The van der Waals surface area contributed by atoms with Crippen LogP contribution in [0.1, 0.15) is 28.8 Å². The van der Waals surface area contributed by atoms with Crippen LogP contribution in [0.25, 0.3) is 10.9 Å². The molecule has 7 nitrogen and oxygen atoms in total. The third-order valence-corrected chi connectivity index (χ3v) is 7.14. The van der Waals surface area contributed by atoms with Crippen LogP contribution in [0.4, 0.5) is 23.2 Å². The summed E-state index contributed by atoms with van der Waals surface area (Å²) in [5, 5.41) is 4.96. The van der Waals surface area contributed by atoms with E-state index in [-0.39, 0.29) is 11.6 Å². The molecule has 3 heterocycles. The molecular weight excluding hydrogens is 516 g/mol. The van der Waals surface area contributed by atoms with Gasteiger partial charge >= 0.3 is 12.1 Å². The molecule has 1 saturated heterocycles. The molecule has 0 bridgehead atoms. The molecule has 37 heavy (non-hydrogen) atoms. The Labute approximate surface area is 214 Å². The Balaban J connectivity index is 1.28. The van der Waals surface area contributed by atoms with Crippen molar-refractivity contribution in [1.29, 1.82) is 0 Å². The molecular formula is C25H23ClF4N4O3. The second kappa shape index (κ2) is 9.86. The van der Waals surface area contributed by atoms with Crippen molar-refractivity contribution in [3.05, 3.63) is 64.6 Å². The minimum atomic E-state index is -5.25. The molecule has 0 spiro atoms. The molecule has 3 aromatic rings. The number of nitrogens with zero attached hydrogens (tertiary/aromatic N) is 2. The van der Waals surface area contributed by atoms with E-state index >= 15 is 0 Å². The third-order valence-electron chi connectivity index (χ3n) is 6.91. The highest BCUT2D eigenvalue weighted by Crippen LogP contribution is 2.35. The lowest BCUT2D eigenvalue weighted by molar-refractivity contribution is -0.203. The highest BCUT2D eigenvalue weighted by molar-refractivity contribution is 6.31. The average molecular weight is 539 g/mol. The minimum Gasteiger partial charge on any atom is -0.361 e. The van der Waals surface area contributed by atoms with Gasteiger partial charge in [0, 0.05) is 34.6 Å². The normalized spacial score (nSPS) is 19.1. The SMILES string of the molecule is O=C1NC(C2CCN(CCc3c[nH]c4ccc(Cl)cc34)CC2)N(OC(=O)C(F)(F)F)c2cccc(F)c21. The van der Waals surface area contributed by atoms with Crippen LogP contribution in [-0.2, 0) is 16.1 Å². The fourth-order valence-electron chi connectivity index (χ4n) is 5.02. The first-order valence-corrected chi connectivity index (χ1v) is 12.1. The van der Waals surface area contributed by atoms with Crippen molar-refractivity contribution < 1.29 is 32.0 Å². The van der Waals surface area contributed by atoms with Crippen molar-refractivity contribution >= 4 is 40.1 Å². The first kappa shape index (κ1) is 25.3. The van der Waals surface area contributed by atoms with Crippen molar-refractivity contribution in [3.8, 4) is 0 Å². The summed E-state index contributed by atoms with van der Waals surface area (Å²) in [6.07, 6.45) is -2.55. The number of hydrogen-bond donors (Lipinski definition) is 2. The molecule has 2 N–H and O–H groups in total. The number of alkyl halides is 3. The van der Waals surface area contributed by atoms with Gasteiger partial charge in [-0.15, -0.1) is 0 Å². The zero-order valence-electron chi connectivity index (χ0n) is 19.4. The van der Waals surface area contributed by atoms with Crippen LogP contribution in [0.3, 0.4) is 0 Å². The van der Waals surface area contributed by atoms with Crippen molar-refractivity contribution in [2.24, 2.45) is 5.92 Å². The van der Waals surface area contributed by atoms with Gasteiger partial charge in [0.1, 0.15) is 17.5 Å². The van der Waals surface area contributed by atoms with Gasteiger partial charge in [-0.25, -0.2) is 9.18 Å². The zero-order valence-corrected chi connectivity index (χ0v) is 20.2. The number of aromatic amines is 1. The number of benzene rings is 2. The Morgan fingerprint density at radius 3 is 2.65 bits per heavy atom. The number of aromatic nitrogens is 1. The van der Waals surface area contributed by atoms with Gasteiger partial charge in [0.2, 0.25) is 0 Å². The number of halogens is 5. The molecule has 196 valence electrons. The number of piperidine rings is 1. The molecule has 2 aliphatic heterocycles. The van der Waals surface area contributed by atoms with Crippen LogP contribution < -0.4 is 10.4 Å². The highest BCUT2D eigenvalue weighted by Gasteiger charge is 2.47. The predicted molar refractivity (Wildman–Crippen MR) is 128 cm³/mol. The molecule has 0 aliphatic carbocycles. The van der Waals surface area contributed by atoms with E-state index in [2.05, 4.69) is 20.0 Å². The smallest absolute Gasteiger partial charge is 0.361 e. The van der Waals surface area contributed by atoms with Crippen LogP contribution in [0.2, 0.25) is 5.02 Å². The molecule has 0 saturated carbocycles. The van der Waals surface area contributed by atoms with E-state index in [4.69, 9.17) is 11.6 Å². The number of H-pyrrole nitrogens is 1. The van der Waals surface area contributed by atoms with Crippen molar-refractivity contribution in [1.82, 2.24) is 15.2 Å². The van der Waals surface area contributed by atoms with Gasteiger partial charge in [0.05, 0.1) is 5.69 Å². The Morgan fingerprint density at radius 2 is 1.92 bits per heavy atom. The van der Waals surface area contributed by atoms with E-state index in [0.717, 1.165) is 35.5 Å². The fourth-order valence-corrected chi connectivity index (χ4v) is 5.19. The monoisotopic (exact) mass is 538 g/mol. The summed E-state index contributed by atoms with van der Waals surface area (Å²) in [6, 6.07) is 9.18. The molecule has 5 rings (SSSR count).